The van der Waals surface area contributed by atoms with Crippen molar-refractivity contribution in [2.45, 2.75) is 40.2 Å². The Morgan fingerprint density at radius 3 is 2.55 bits per heavy atom. The summed E-state index contributed by atoms with van der Waals surface area (Å²) >= 11 is 0. The lowest BCUT2D eigenvalue weighted by molar-refractivity contribution is -0.383. The fourth-order valence-electron chi connectivity index (χ4n) is 1.81. The number of nitrogens with zero attached hydrogens (tertiary/aromatic N) is 4. The van der Waals surface area contributed by atoms with E-state index >= 15 is 0 Å². The lowest BCUT2D eigenvalue weighted by atomic mass is 10.1. The summed E-state index contributed by atoms with van der Waals surface area (Å²) in [7, 11) is 1.82. The fraction of sp³-hybridized carbons (Fsp3) is 0.692. The van der Waals surface area contributed by atoms with E-state index in [2.05, 4.69) is 29.1 Å². The molecular formula is C13H23N5O2. The molecule has 0 bridgehead atoms. The molecule has 20 heavy (non-hydrogen) atoms. The summed E-state index contributed by atoms with van der Waals surface area (Å²) in [5.41, 5.74) is -0.0593. The Bertz CT molecular complexity index is 464. The molecule has 1 heterocycles. The van der Waals surface area contributed by atoms with Gasteiger partial charge in [-0.25, -0.2) is 9.97 Å². The molecule has 0 aliphatic carbocycles. The van der Waals surface area contributed by atoms with Gasteiger partial charge in [-0.2, -0.15) is 0 Å². The molecule has 0 saturated heterocycles. The van der Waals surface area contributed by atoms with Crippen LogP contribution in [0.1, 0.15) is 34.1 Å². The second-order valence-electron chi connectivity index (χ2n) is 5.17. The standard InChI is InChI=1S/C13H23N5O2/c1-6-7-14-12-11(18(19)20)13(16-8-15-12)17(5)10(4)9(2)3/h8-10H,6-7H2,1-5H3,(H,14,15,16). The Labute approximate surface area is 119 Å². The van der Waals surface area contributed by atoms with E-state index in [-0.39, 0.29) is 17.5 Å². The molecule has 112 valence electrons. The van der Waals surface area contributed by atoms with E-state index in [9.17, 15) is 10.1 Å². The van der Waals surface area contributed by atoms with Crippen molar-refractivity contribution >= 4 is 17.3 Å². The van der Waals surface area contributed by atoms with Crippen molar-refractivity contribution in [3.8, 4) is 0 Å². The third-order valence-corrected chi connectivity index (χ3v) is 3.44. The molecule has 0 radical (unpaired) electrons. The molecule has 0 aliphatic heterocycles. The normalized spacial score (nSPS) is 12.3. The van der Waals surface area contributed by atoms with E-state index in [0.29, 0.717) is 18.3 Å². The molecule has 1 aromatic heterocycles. The van der Waals surface area contributed by atoms with Crippen LogP contribution in [0.3, 0.4) is 0 Å². The fourth-order valence-corrected chi connectivity index (χ4v) is 1.81. The largest absolute Gasteiger partial charge is 0.364 e. The molecule has 1 N–H and O–H groups in total. The first-order chi connectivity index (χ1) is 9.40. The third kappa shape index (κ3) is 3.55. The lowest BCUT2D eigenvalue weighted by Crippen LogP contribution is -2.34. The zero-order valence-corrected chi connectivity index (χ0v) is 12.8. The minimum Gasteiger partial charge on any atom is -0.364 e. The first kappa shape index (κ1) is 16.1. The topological polar surface area (TPSA) is 84.2 Å². The van der Waals surface area contributed by atoms with E-state index in [1.54, 1.807) is 0 Å². The first-order valence-corrected chi connectivity index (χ1v) is 6.86. The van der Waals surface area contributed by atoms with Gasteiger partial charge >= 0.3 is 5.69 Å². The predicted molar refractivity (Wildman–Crippen MR) is 80.2 cm³/mol. The van der Waals surface area contributed by atoms with Gasteiger partial charge in [0.2, 0.25) is 11.6 Å². The zero-order valence-electron chi connectivity index (χ0n) is 12.8. The van der Waals surface area contributed by atoms with Gasteiger partial charge in [0, 0.05) is 19.6 Å². The van der Waals surface area contributed by atoms with Crippen molar-refractivity contribution in [2.75, 3.05) is 23.8 Å². The predicted octanol–water partition coefficient (Wildman–Crippen LogP) is 2.69. The van der Waals surface area contributed by atoms with Crippen LogP contribution in [0, 0.1) is 16.0 Å². The summed E-state index contributed by atoms with van der Waals surface area (Å²) in [6.07, 6.45) is 2.23. The quantitative estimate of drug-likeness (QED) is 0.611. The highest BCUT2D eigenvalue weighted by Gasteiger charge is 2.28. The van der Waals surface area contributed by atoms with Crippen molar-refractivity contribution in [1.82, 2.24) is 9.97 Å². The molecule has 0 spiro atoms. The number of anilines is 2. The molecule has 0 amide bonds. The van der Waals surface area contributed by atoms with E-state index in [0.717, 1.165) is 6.42 Å². The average Bonchev–Trinajstić information content (AvgIpc) is 2.42. The average molecular weight is 281 g/mol. The van der Waals surface area contributed by atoms with Crippen LogP contribution in [-0.2, 0) is 0 Å². The van der Waals surface area contributed by atoms with Crippen LogP contribution in [0.15, 0.2) is 6.33 Å². The summed E-state index contributed by atoms with van der Waals surface area (Å²) in [6.45, 7) is 8.80. The van der Waals surface area contributed by atoms with Gasteiger partial charge in [0.1, 0.15) is 6.33 Å². The highest BCUT2D eigenvalue weighted by molar-refractivity contribution is 5.70. The molecule has 0 aliphatic rings. The van der Waals surface area contributed by atoms with Crippen LogP contribution in [0.4, 0.5) is 17.3 Å². The Kier molecular flexibility index (Phi) is 5.66. The molecule has 7 heteroatoms. The van der Waals surface area contributed by atoms with E-state index < -0.39 is 4.92 Å². The van der Waals surface area contributed by atoms with Crippen LogP contribution in [-0.4, -0.2) is 34.5 Å². The first-order valence-electron chi connectivity index (χ1n) is 6.86. The van der Waals surface area contributed by atoms with Gasteiger partial charge in [-0.3, -0.25) is 10.1 Å². The number of rotatable bonds is 7. The van der Waals surface area contributed by atoms with Gasteiger partial charge in [-0.15, -0.1) is 0 Å². The molecule has 0 aromatic carbocycles. The molecule has 1 aromatic rings. The van der Waals surface area contributed by atoms with Crippen LogP contribution < -0.4 is 10.2 Å². The SMILES string of the molecule is CCCNc1ncnc(N(C)C(C)C(C)C)c1[N+](=O)[O-]. The van der Waals surface area contributed by atoms with Gasteiger partial charge in [0.15, 0.2) is 0 Å². The molecule has 1 rings (SSSR count). The van der Waals surface area contributed by atoms with Crippen molar-refractivity contribution in [2.24, 2.45) is 5.92 Å². The maximum absolute atomic E-state index is 11.4. The second kappa shape index (κ2) is 7.02. The van der Waals surface area contributed by atoms with E-state index in [1.165, 1.54) is 6.33 Å². The van der Waals surface area contributed by atoms with Crippen LogP contribution >= 0.6 is 0 Å². The summed E-state index contributed by atoms with van der Waals surface area (Å²) in [5.74, 6) is 0.996. The number of aromatic nitrogens is 2. The molecule has 1 atom stereocenters. The lowest BCUT2D eigenvalue weighted by Gasteiger charge is -2.28. The Morgan fingerprint density at radius 2 is 2.05 bits per heavy atom. The van der Waals surface area contributed by atoms with Crippen molar-refractivity contribution in [3.05, 3.63) is 16.4 Å². The highest BCUT2D eigenvalue weighted by Crippen LogP contribution is 2.32. The van der Waals surface area contributed by atoms with Crippen molar-refractivity contribution in [1.29, 1.82) is 0 Å². The van der Waals surface area contributed by atoms with Crippen LogP contribution in [0.5, 0.6) is 0 Å². The zero-order chi connectivity index (χ0) is 15.3. The van der Waals surface area contributed by atoms with Gasteiger partial charge in [0.25, 0.3) is 0 Å². The smallest absolute Gasteiger partial charge is 0.353 e. The van der Waals surface area contributed by atoms with Gasteiger partial charge in [-0.05, 0) is 19.3 Å². The molecule has 0 fully saturated rings. The summed E-state index contributed by atoms with van der Waals surface area (Å²) in [4.78, 5) is 20.9. The summed E-state index contributed by atoms with van der Waals surface area (Å²) in [6, 6.07) is 0.141. The number of hydrogen-bond acceptors (Lipinski definition) is 6. The number of hydrogen-bond donors (Lipinski definition) is 1. The maximum atomic E-state index is 11.4. The Morgan fingerprint density at radius 1 is 1.40 bits per heavy atom. The molecule has 7 nitrogen and oxygen atoms in total. The number of nitrogens with one attached hydrogen (secondary N) is 1. The Hall–Kier alpha value is -1.92. The van der Waals surface area contributed by atoms with Gasteiger partial charge in [-0.1, -0.05) is 20.8 Å². The van der Waals surface area contributed by atoms with Crippen molar-refractivity contribution in [3.63, 3.8) is 0 Å². The van der Waals surface area contributed by atoms with E-state index in [1.807, 2.05) is 25.8 Å². The van der Waals surface area contributed by atoms with Gasteiger partial charge < -0.3 is 10.2 Å². The second-order valence-corrected chi connectivity index (χ2v) is 5.17. The molecule has 1 unspecified atom stereocenters. The highest BCUT2D eigenvalue weighted by atomic mass is 16.6. The minimum absolute atomic E-state index is 0.0593. The van der Waals surface area contributed by atoms with Gasteiger partial charge in [0.05, 0.1) is 4.92 Å². The third-order valence-electron chi connectivity index (χ3n) is 3.44. The summed E-state index contributed by atoms with van der Waals surface area (Å²) < 4.78 is 0. The number of nitro groups is 1. The van der Waals surface area contributed by atoms with Crippen molar-refractivity contribution < 1.29 is 4.92 Å². The summed E-state index contributed by atoms with van der Waals surface area (Å²) in [5, 5.41) is 14.3. The van der Waals surface area contributed by atoms with Crippen LogP contribution in [0.25, 0.3) is 0 Å². The maximum Gasteiger partial charge on any atom is 0.353 e. The van der Waals surface area contributed by atoms with E-state index in [4.69, 9.17) is 0 Å². The van der Waals surface area contributed by atoms with Crippen LogP contribution in [0.2, 0.25) is 0 Å². The Balaban J connectivity index is 3.21. The minimum atomic E-state index is -0.420. The molecular weight excluding hydrogens is 258 g/mol. The molecule has 0 saturated carbocycles. The monoisotopic (exact) mass is 281 g/mol.